The van der Waals surface area contributed by atoms with Crippen LogP contribution in [0, 0.1) is 0 Å². The summed E-state index contributed by atoms with van der Waals surface area (Å²) in [5, 5.41) is 1.19. The van der Waals surface area contributed by atoms with Gasteiger partial charge in [-0.3, -0.25) is 0 Å². The zero-order chi connectivity index (χ0) is 17.4. The van der Waals surface area contributed by atoms with Crippen LogP contribution in [0.3, 0.4) is 0 Å². The van der Waals surface area contributed by atoms with Gasteiger partial charge in [0.2, 0.25) is 10.0 Å². The van der Waals surface area contributed by atoms with Crippen LogP contribution in [0.15, 0.2) is 53.4 Å². The third kappa shape index (κ3) is 3.03. The third-order valence-corrected chi connectivity index (χ3v) is 6.32. The first-order valence-corrected chi connectivity index (χ1v) is 9.80. The lowest BCUT2D eigenvalue weighted by molar-refractivity contribution is 0.414. The highest BCUT2D eigenvalue weighted by Gasteiger charge is 2.26. The van der Waals surface area contributed by atoms with Gasteiger partial charge in [-0.25, -0.2) is 13.1 Å². The van der Waals surface area contributed by atoms with Gasteiger partial charge in [-0.1, -0.05) is 18.2 Å². The van der Waals surface area contributed by atoms with Crippen LogP contribution in [0.4, 0.5) is 0 Å². The fourth-order valence-corrected chi connectivity index (χ4v) is 4.78. The highest BCUT2D eigenvalue weighted by atomic mass is 32.2. The number of aromatic nitrogens is 1. The van der Waals surface area contributed by atoms with Crippen LogP contribution in [0.1, 0.15) is 17.7 Å². The van der Waals surface area contributed by atoms with Crippen molar-refractivity contribution in [2.45, 2.75) is 30.2 Å². The Hall–Kier alpha value is -2.31. The van der Waals surface area contributed by atoms with Gasteiger partial charge in [0, 0.05) is 22.6 Å². The number of rotatable bonds is 4. The van der Waals surface area contributed by atoms with Crippen LogP contribution < -0.4 is 9.46 Å². The second-order valence-electron chi connectivity index (χ2n) is 6.36. The van der Waals surface area contributed by atoms with Gasteiger partial charge in [0.1, 0.15) is 5.75 Å². The van der Waals surface area contributed by atoms with E-state index in [-0.39, 0.29) is 10.9 Å². The van der Waals surface area contributed by atoms with Crippen molar-refractivity contribution in [3.63, 3.8) is 0 Å². The van der Waals surface area contributed by atoms with Crippen LogP contribution in [-0.4, -0.2) is 26.6 Å². The smallest absolute Gasteiger partial charge is 0.240 e. The number of ether oxygens (including phenoxy) is 1. The number of benzene rings is 2. The Morgan fingerprint density at radius 1 is 1.12 bits per heavy atom. The Balaban J connectivity index is 1.57. The molecular weight excluding hydrogens is 336 g/mol. The molecule has 0 spiro atoms. The first kappa shape index (κ1) is 16.2. The molecule has 1 aliphatic rings. The number of para-hydroxylation sites is 1. The number of aryl methyl sites for hydroxylation is 1. The summed E-state index contributed by atoms with van der Waals surface area (Å²) in [5.41, 5.74) is 3.57. The van der Waals surface area contributed by atoms with Gasteiger partial charge in [-0.2, -0.15) is 0 Å². The summed E-state index contributed by atoms with van der Waals surface area (Å²) in [6.07, 6.45) is 2.34. The van der Waals surface area contributed by atoms with E-state index >= 15 is 0 Å². The molecule has 1 unspecified atom stereocenters. The first-order valence-electron chi connectivity index (χ1n) is 8.31. The summed E-state index contributed by atoms with van der Waals surface area (Å²) >= 11 is 0. The van der Waals surface area contributed by atoms with Crippen LogP contribution >= 0.6 is 0 Å². The minimum absolute atomic E-state index is 0.0983. The third-order valence-electron chi connectivity index (χ3n) is 4.79. The van der Waals surface area contributed by atoms with E-state index in [0.717, 1.165) is 18.4 Å². The number of hydrogen-bond acceptors (Lipinski definition) is 3. The zero-order valence-corrected chi connectivity index (χ0v) is 14.8. The Kier molecular flexibility index (Phi) is 4.01. The molecule has 0 saturated heterocycles. The van der Waals surface area contributed by atoms with Crippen LogP contribution in [0.2, 0.25) is 0 Å². The van der Waals surface area contributed by atoms with Crippen molar-refractivity contribution in [3.8, 4) is 5.75 Å². The van der Waals surface area contributed by atoms with E-state index in [1.54, 1.807) is 31.4 Å². The van der Waals surface area contributed by atoms with Gasteiger partial charge in [0.05, 0.1) is 12.0 Å². The Morgan fingerprint density at radius 3 is 2.64 bits per heavy atom. The maximum absolute atomic E-state index is 12.7. The molecule has 1 heterocycles. The van der Waals surface area contributed by atoms with Crippen molar-refractivity contribution in [2.24, 2.45) is 0 Å². The lowest BCUT2D eigenvalue weighted by atomic mass is 9.92. The van der Waals surface area contributed by atoms with Gasteiger partial charge in [-0.15, -0.1) is 0 Å². The zero-order valence-electron chi connectivity index (χ0n) is 14.0. The molecule has 2 N–H and O–H groups in total. The molecule has 0 amide bonds. The number of sulfonamides is 1. The number of nitrogens with one attached hydrogen (secondary N) is 2. The largest absolute Gasteiger partial charge is 0.497 e. The Labute approximate surface area is 147 Å². The molecule has 1 aliphatic carbocycles. The normalized spacial score (nSPS) is 17.4. The van der Waals surface area contributed by atoms with Gasteiger partial charge in [0.15, 0.2) is 0 Å². The SMILES string of the molecule is COc1ccc(S(=O)(=O)NC2CCc3[nH]c4ccccc4c3C2)cc1. The van der Waals surface area contributed by atoms with E-state index in [2.05, 4.69) is 21.8 Å². The summed E-state index contributed by atoms with van der Waals surface area (Å²) in [7, 11) is -1.98. The molecule has 6 heteroatoms. The second kappa shape index (κ2) is 6.20. The van der Waals surface area contributed by atoms with Crippen molar-refractivity contribution >= 4 is 20.9 Å². The summed E-state index contributed by atoms with van der Waals surface area (Å²) < 4.78 is 33.3. The molecule has 0 radical (unpaired) electrons. The first-order chi connectivity index (χ1) is 12.1. The van der Waals surface area contributed by atoms with Crippen molar-refractivity contribution in [2.75, 3.05) is 7.11 Å². The highest BCUT2D eigenvalue weighted by Crippen LogP contribution is 2.29. The second-order valence-corrected chi connectivity index (χ2v) is 8.08. The van der Waals surface area contributed by atoms with E-state index < -0.39 is 10.0 Å². The molecule has 0 saturated carbocycles. The topological polar surface area (TPSA) is 71.2 Å². The Morgan fingerprint density at radius 2 is 1.88 bits per heavy atom. The van der Waals surface area contributed by atoms with Gasteiger partial charge in [-0.05, 0) is 55.2 Å². The predicted molar refractivity (Wildman–Crippen MR) is 97.4 cm³/mol. The minimum Gasteiger partial charge on any atom is -0.497 e. The van der Waals surface area contributed by atoms with E-state index in [9.17, 15) is 8.42 Å². The monoisotopic (exact) mass is 356 g/mol. The molecular formula is C19H20N2O3S. The predicted octanol–water partition coefficient (Wildman–Crippen LogP) is 3.01. The number of hydrogen-bond donors (Lipinski definition) is 2. The minimum atomic E-state index is -3.54. The summed E-state index contributed by atoms with van der Waals surface area (Å²) in [5.74, 6) is 0.639. The highest BCUT2D eigenvalue weighted by molar-refractivity contribution is 7.89. The Bertz CT molecular complexity index is 1010. The van der Waals surface area contributed by atoms with Gasteiger partial charge >= 0.3 is 0 Å². The standard InChI is InChI=1S/C19H20N2O3S/c1-24-14-7-9-15(10-8-14)25(22,23)21-13-6-11-19-17(12-13)16-4-2-3-5-18(16)20-19/h2-5,7-10,13,20-21H,6,11-12H2,1H3. The fourth-order valence-electron chi connectivity index (χ4n) is 3.51. The molecule has 3 aromatic rings. The van der Waals surface area contributed by atoms with Crippen molar-refractivity contribution < 1.29 is 13.2 Å². The quantitative estimate of drug-likeness (QED) is 0.755. The van der Waals surface area contributed by atoms with Crippen molar-refractivity contribution in [1.29, 1.82) is 0 Å². The maximum Gasteiger partial charge on any atom is 0.240 e. The summed E-state index contributed by atoms with van der Waals surface area (Å²) in [4.78, 5) is 3.71. The molecule has 5 nitrogen and oxygen atoms in total. The average molecular weight is 356 g/mol. The average Bonchev–Trinajstić information content (AvgIpc) is 2.99. The molecule has 1 atom stereocenters. The molecule has 0 fully saturated rings. The van der Waals surface area contributed by atoms with Crippen LogP contribution in [0.5, 0.6) is 5.75 Å². The molecule has 25 heavy (non-hydrogen) atoms. The van der Waals surface area contributed by atoms with Crippen molar-refractivity contribution in [1.82, 2.24) is 9.71 Å². The lowest BCUT2D eigenvalue weighted by Crippen LogP contribution is -2.38. The van der Waals surface area contributed by atoms with E-state index in [1.165, 1.54) is 16.6 Å². The van der Waals surface area contributed by atoms with E-state index in [1.807, 2.05) is 12.1 Å². The van der Waals surface area contributed by atoms with Gasteiger partial charge in [0.25, 0.3) is 0 Å². The maximum atomic E-state index is 12.7. The number of fused-ring (bicyclic) bond motifs is 3. The lowest BCUT2D eigenvalue weighted by Gasteiger charge is -2.23. The molecule has 1 aromatic heterocycles. The molecule has 4 rings (SSSR count). The molecule has 130 valence electrons. The van der Waals surface area contributed by atoms with Gasteiger partial charge < -0.3 is 9.72 Å². The molecule has 0 bridgehead atoms. The number of H-pyrrole nitrogens is 1. The summed E-state index contributed by atoms with van der Waals surface area (Å²) in [6, 6.07) is 14.5. The molecule has 0 aliphatic heterocycles. The van der Waals surface area contributed by atoms with Crippen molar-refractivity contribution in [3.05, 3.63) is 59.8 Å². The molecule has 2 aromatic carbocycles. The number of aromatic amines is 1. The van der Waals surface area contributed by atoms with Crippen LogP contribution in [-0.2, 0) is 22.9 Å². The number of methoxy groups -OCH3 is 1. The fraction of sp³-hybridized carbons (Fsp3) is 0.263. The van der Waals surface area contributed by atoms with Crippen LogP contribution in [0.25, 0.3) is 10.9 Å². The van der Waals surface area contributed by atoms with E-state index in [4.69, 9.17) is 4.74 Å². The van der Waals surface area contributed by atoms with E-state index in [0.29, 0.717) is 12.2 Å². The summed E-state index contributed by atoms with van der Waals surface area (Å²) in [6.45, 7) is 0.